The molecule has 55 heavy (non-hydrogen) atoms. The number of carbonyl (C=O) groups is 3. The fourth-order valence-electron chi connectivity index (χ4n) is 8.37. The first kappa shape index (κ1) is 48.7. The second-order valence-electron chi connectivity index (χ2n) is 19.5. The van der Waals surface area contributed by atoms with E-state index in [1.54, 1.807) is 20.8 Å². The molecule has 7 nitrogen and oxygen atoms in total. The molecular weight excluding hydrogens is 707 g/mol. The Hall–Kier alpha value is -2.46. The van der Waals surface area contributed by atoms with Crippen molar-refractivity contribution in [3.8, 4) is 0 Å². The van der Waals surface area contributed by atoms with Gasteiger partial charge in [0.2, 0.25) is 0 Å². The molecule has 10 heteroatoms. The number of nitrogens with zero attached hydrogens (tertiary/aromatic N) is 1. The highest BCUT2D eigenvalue weighted by Gasteiger charge is 2.62. The Morgan fingerprint density at radius 1 is 0.909 bits per heavy atom. The highest BCUT2D eigenvalue weighted by Crippen LogP contribution is 2.58. The van der Waals surface area contributed by atoms with Crippen LogP contribution in [0.3, 0.4) is 0 Å². The molecule has 316 valence electrons. The molecule has 0 N–H and O–H groups in total. The summed E-state index contributed by atoms with van der Waals surface area (Å²) >= 11 is 0. The maximum atomic E-state index is 14.4. The van der Waals surface area contributed by atoms with E-state index in [1.165, 1.54) is 0 Å². The van der Waals surface area contributed by atoms with Gasteiger partial charge in [-0.15, -0.1) is 0 Å². The SMILES string of the molecule is CCCCOC(=O)C(CC(C)(C)C(C)c1ccccc1)C(C)(C)C(C)(C)CC(C)(C(=O)OCC(F)(F)F)C(C)(C)ON1C(C)(CC)CC(=O)C(C)C1(C)CC. The molecule has 0 spiro atoms. The lowest BCUT2D eigenvalue weighted by molar-refractivity contribution is -0.358. The lowest BCUT2D eigenvalue weighted by Gasteiger charge is -2.60. The largest absolute Gasteiger partial charge is 0.465 e. The highest BCUT2D eigenvalue weighted by molar-refractivity contribution is 5.84. The summed E-state index contributed by atoms with van der Waals surface area (Å²) in [7, 11) is 0. The van der Waals surface area contributed by atoms with E-state index in [0.717, 1.165) is 18.4 Å². The Morgan fingerprint density at radius 2 is 1.47 bits per heavy atom. The predicted octanol–water partition coefficient (Wildman–Crippen LogP) is 11.7. The Balaban J connectivity index is 2.76. The smallest absolute Gasteiger partial charge is 0.422 e. The minimum atomic E-state index is -4.74. The van der Waals surface area contributed by atoms with E-state index in [4.69, 9.17) is 14.3 Å². The first-order valence-electron chi connectivity index (χ1n) is 20.4. The summed E-state index contributed by atoms with van der Waals surface area (Å²) in [6, 6.07) is 10.1. The molecule has 1 aliphatic rings. The normalized spacial score (nSPS) is 24.2. The summed E-state index contributed by atoms with van der Waals surface area (Å²) in [6.07, 6.45) is -1.36. The Bertz CT molecular complexity index is 1460. The van der Waals surface area contributed by atoms with Crippen LogP contribution in [-0.4, -0.2) is 58.9 Å². The Labute approximate surface area is 331 Å². The standard InChI is InChI=1S/C45H74F3NO6/c1-17-20-26-53-36(51)34(27-38(6,7)31(4)33-24-22-21-23-25-33)40(10,11)39(8,9)29-43(15,37(52)54-30-45(46,47)48)41(12,13)55-49-42(14,18-2)28-35(50)32(5)44(49,16)19-3/h21-25,31-32,34H,17-20,26-30H2,1-16H3. The number of ether oxygens (including phenoxy) is 2. The number of carbonyl (C=O) groups excluding carboxylic acids is 3. The molecule has 6 atom stereocenters. The molecule has 1 fully saturated rings. The second kappa shape index (κ2) is 17.6. The van der Waals surface area contributed by atoms with Crippen molar-refractivity contribution >= 4 is 17.7 Å². The van der Waals surface area contributed by atoms with E-state index in [2.05, 4.69) is 32.9 Å². The molecule has 0 bridgehead atoms. The zero-order valence-corrected chi connectivity index (χ0v) is 37.0. The number of alkyl halides is 3. The number of hydroxylamine groups is 2. The molecule has 1 aliphatic heterocycles. The fraction of sp³-hybridized carbons (Fsp3) is 0.800. The van der Waals surface area contributed by atoms with Crippen molar-refractivity contribution in [3.05, 3.63) is 35.9 Å². The van der Waals surface area contributed by atoms with E-state index in [1.807, 2.05) is 92.5 Å². The van der Waals surface area contributed by atoms with Gasteiger partial charge in [-0.2, -0.15) is 18.2 Å². The van der Waals surface area contributed by atoms with Gasteiger partial charge in [0.05, 0.1) is 29.0 Å². The van der Waals surface area contributed by atoms with Crippen LogP contribution >= 0.6 is 0 Å². The number of piperidine rings is 1. The van der Waals surface area contributed by atoms with Gasteiger partial charge in [-0.3, -0.25) is 19.2 Å². The Kier molecular flexibility index (Phi) is 15.6. The van der Waals surface area contributed by atoms with E-state index in [0.29, 0.717) is 19.3 Å². The molecule has 1 heterocycles. The molecule has 1 aromatic rings. The van der Waals surface area contributed by atoms with Crippen molar-refractivity contribution in [2.45, 2.75) is 184 Å². The third-order valence-electron chi connectivity index (χ3n) is 14.5. The number of hydrogen-bond acceptors (Lipinski definition) is 7. The summed E-state index contributed by atoms with van der Waals surface area (Å²) in [5.74, 6) is -2.22. The van der Waals surface area contributed by atoms with E-state index in [-0.39, 0.29) is 42.5 Å². The van der Waals surface area contributed by atoms with Crippen molar-refractivity contribution < 1.29 is 41.9 Å². The van der Waals surface area contributed by atoms with Gasteiger partial charge < -0.3 is 9.47 Å². The van der Waals surface area contributed by atoms with E-state index < -0.39 is 63.5 Å². The zero-order valence-electron chi connectivity index (χ0n) is 37.0. The number of unbranched alkanes of at least 4 members (excludes halogenated alkanes) is 1. The first-order valence-corrected chi connectivity index (χ1v) is 20.4. The van der Waals surface area contributed by atoms with Crippen LogP contribution < -0.4 is 0 Å². The van der Waals surface area contributed by atoms with Crippen LogP contribution in [0, 0.1) is 33.5 Å². The molecule has 1 aromatic carbocycles. The quantitative estimate of drug-likeness (QED) is 0.102. The third-order valence-corrected chi connectivity index (χ3v) is 14.5. The van der Waals surface area contributed by atoms with Crippen LogP contribution in [0.4, 0.5) is 13.2 Å². The van der Waals surface area contributed by atoms with Crippen LogP contribution in [-0.2, 0) is 28.7 Å². The van der Waals surface area contributed by atoms with Crippen molar-refractivity contribution in [2.75, 3.05) is 13.2 Å². The molecule has 6 unspecified atom stereocenters. The molecule has 0 aliphatic carbocycles. The summed E-state index contributed by atoms with van der Waals surface area (Å²) in [4.78, 5) is 49.0. The molecule has 0 amide bonds. The Morgan fingerprint density at radius 3 is 1.96 bits per heavy atom. The lowest BCUT2D eigenvalue weighted by atomic mass is 9.52. The van der Waals surface area contributed by atoms with Crippen LogP contribution in [0.5, 0.6) is 0 Å². The van der Waals surface area contributed by atoms with Gasteiger partial charge in [-0.1, -0.05) is 113 Å². The second-order valence-corrected chi connectivity index (χ2v) is 19.5. The summed E-state index contributed by atoms with van der Waals surface area (Å²) in [5.41, 5.74) is -5.60. The zero-order chi connectivity index (χ0) is 42.6. The van der Waals surface area contributed by atoms with Gasteiger partial charge in [-0.05, 0) is 94.4 Å². The minimum Gasteiger partial charge on any atom is -0.465 e. The topological polar surface area (TPSA) is 82.1 Å². The van der Waals surface area contributed by atoms with Crippen LogP contribution in [0.2, 0.25) is 0 Å². The van der Waals surface area contributed by atoms with Gasteiger partial charge in [0.15, 0.2) is 6.61 Å². The van der Waals surface area contributed by atoms with Gasteiger partial charge in [0, 0.05) is 12.3 Å². The minimum absolute atomic E-state index is 0.0120. The molecular formula is C45H74F3NO6. The number of Topliss-reactive ketones (excluding diaryl/α,β-unsaturated/α-hetero) is 1. The molecule has 2 rings (SSSR count). The molecule has 1 saturated heterocycles. The number of esters is 2. The van der Waals surface area contributed by atoms with Crippen molar-refractivity contribution in [1.29, 1.82) is 0 Å². The average Bonchev–Trinajstić information content (AvgIpc) is 3.09. The van der Waals surface area contributed by atoms with Gasteiger partial charge in [-0.25, -0.2) is 0 Å². The van der Waals surface area contributed by atoms with E-state index in [9.17, 15) is 27.6 Å². The highest BCUT2D eigenvalue weighted by atomic mass is 19.4. The number of hydrogen-bond donors (Lipinski definition) is 0. The third kappa shape index (κ3) is 10.5. The summed E-state index contributed by atoms with van der Waals surface area (Å²) in [6.45, 7) is 29.8. The summed E-state index contributed by atoms with van der Waals surface area (Å²) in [5, 5.41) is 1.86. The fourth-order valence-corrected chi connectivity index (χ4v) is 8.37. The van der Waals surface area contributed by atoms with E-state index >= 15 is 0 Å². The van der Waals surface area contributed by atoms with Crippen molar-refractivity contribution in [2.24, 2.45) is 33.5 Å². The summed E-state index contributed by atoms with van der Waals surface area (Å²) < 4.78 is 52.0. The van der Waals surface area contributed by atoms with Crippen LogP contribution in [0.1, 0.15) is 167 Å². The maximum absolute atomic E-state index is 14.4. The number of rotatable bonds is 19. The van der Waals surface area contributed by atoms with Gasteiger partial charge >= 0.3 is 18.1 Å². The van der Waals surface area contributed by atoms with Gasteiger partial charge in [0.1, 0.15) is 11.4 Å². The molecule has 0 aromatic heterocycles. The van der Waals surface area contributed by atoms with Crippen LogP contribution in [0.25, 0.3) is 0 Å². The average molecular weight is 782 g/mol. The monoisotopic (exact) mass is 782 g/mol. The first-order chi connectivity index (χ1) is 24.9. The van der Waals surface area contributed by atoms with Crippen LogP contribution in [0.15, 0.2) is 30.3 Å². The van der Waals surface area contributed by atoms with Crippen molar-refractivity contribution in [3.63, 3.8) is 0 Å². The molecule has 0 radical (unpaired) electrons. The number of ketones is 1. The van der Waals surface area contributed by atoms with Crippen molar-refractivity contribution in [1.82, 2.24) is 5.06 Å². The lowest BCUT2D eigenvalue weighted by Crippen LogP contribution is -2.69. The number of halogens is 3. The van der Waals surface area contributed by atoms with Gasteiger partial charge in [0.25, 0.3) is 0 Å². The maximum Gasteiger partial charge on any atom is 0.422 e. The molecule has 0 saturated carbocycles. The predicted molar refractivity (Wildman–Crippen MR) is 213 cm³/mol. The number of benzene rings is 1.